The van der Waals surface area contributed by atoms with Gasteiger partial charge in [0.1, 0.15) is 6.61 Å². The van der Waals surface area contributed by atoms with E-state index in [2.05, 4.69) is 5.32 Å². The van der Waals surface area contributed by atoms with E-state index in [1.165, 1.54) is 0 Å². The predicted molar refractivity (Wildman–Crippen MR) is 93.6 cm³/mol. The van der Waals surface area contributed by atoms with E-state index in [4.69, 9.17) is 4.74 Å². The van der Waals surface area contributed by atoms with Gasteiger partial charge < -0.3 is 20.0 Å². The molecule has 0 saturated heterocycles. The van der Waals surface area contributed by atoms with Crippen LogP contribution >= 0.6 is 0 Å². The van der Waals surface area contributed by atoms with Gasteiger partial charge in [-0.05, 0) is 36.0 Å². The summed E-state index contributed by atoms with van der Waals surface area (Å²) in [5.41, 5.74) is 0.926. The summed E-state index contributed by atoms with van der Waals surface area (Å²) in [4.78, 5) is 22.1. The number of amides is 1. The number of aliphatic hydroxyl groups is 1. The number of aliphatic hydroxyl groups excluding tert-OH is 1. The summed E-state index contributed by atoms with van der Waals surface area (Å²) < 4.78 is 5.15. The maximum absolute atomic E-state index is 11.7. The van der Waals surface area contributed by atoms with Crippen molar-refractivity contribution in [1.82, 2.24) is 5.32 Å². The smallest absolute Gasteiger partial charge is 0.407 e. The molecule has 1 aromatic rings. The van der Waals surface area contributed by atoms with Crippen molar-refractivity contribution in [2.24, 2.45) is 5.92 Å². The number of nitrogens with one attached hydrogen (secondary N) is 1. The van der Waals surface area contributed by atoms with E-state index in [9.17, 15) is 14.7 Å². The first-order valence-electron chi connectivity index (χ1n) is 7.93. The summed E-state index contributed by atoms with van der Waals surface area (Å²) in [6.45, 7) is 8.32. The second kappa shape index (κ2) is 8.47. The SMILES string of the molecule is CC(C)(CC(CO)CNC(=O)OCc1ccccc1)[Si](C)(C)O. The Morgan fingerprint density at radius 2 is 1.91 bits per heavy atom. The van der Waals surface area contributed by atoms with Crippen molar-refractivity contribution >= 4 is 14.4 Å². The first-order chi connectivity index (χ1) is 10.7. The fourth-order valence-corrected chi connectivity index (χ4v) is 2.96. The molecule has 0 heterocycles. The molecule has 5 nitrogen and oxygen atoms in total. The van der Waals surface area contributed by atoms with Gasteiger partial charge in [-0.3, -0.25) is 0 Å². The van der Waals surface area contributed by atoms with Crippen LogP contribution in [0.3, 0.4) is 0 Å². The number of carbonyl (C=O) groups is 1. The Balaban J connectivity index is 2.40. The van der Waals surface area contributed by atoms with Gasteiger partial charge in [0.2, 0.25) is 0 Å². The van der Waals surface area contributed by atoms with Crippen LogP contribution in [-0.2, 0) is 11.3 Å². The highest BCUT2D eigenvalue weighted by Crippen LogP contribution is 2.41. The second-order valence-corrected chi connectivity index (χ2v) is 11.6. The van der Waals surface area contributed by atoms with Crippen LogP contribution in [-0.4, -0.2) is 37.5 Å². The fourth-order valence-electron chi connectivity index (χ4n) is 2.17. The fraction of sp³-hybridized carbons (Fsp3) is 0.588. The minimum Gasteiger partial charge on any atom is -0.445 e. The molecule has 0 bridgehead atoms. The Hall–Kier alpha value is -1.37. The summed E-state index contributed by atoms with van der Waals surface area (Å²) in [5, 5.41) is 12.0. The first-order valence-corrected chi connectivity index (χ1v) is 10.9. The van der Waals surface area contributed by atoms with Crippen molar-refractivity contribution in [3.8, 4) is 0 Å². The third kappa shape index (κ3) is 6.72. The molecule has 0 aliphatic rings. The number of benzene rings is 1. The average Bonchev–Trinajstić information content (AvgIpc) is 2.49. The summed E-state index contributed by atoms with van der Waals surface area (Å²) >= 11 is 0. The number of ether oxygens (including phenoxy) is 1. The van der Waals surface area contributed by atoms with E-state index in [1.807, 2.05) is 57.3 Å². The Morgan fingerprint density at radius 1 is 1.30 bits per heavy atom. The van der Waals surface area contributed by atoms with Crippen molar-refractivity contribution < 1.29 is 19.4 Å². The molecule has 3 N–H and O–H groups in total. The zero-order chi connectivity index (χ0) is 17.5. The van der Waals surface area contributed by atoms with Gasteiger partial charge >= 0.3 is 6.09 Å². The van der Waals surface area contributed by atoms with E-state index < -0.39 is 14.4 Å². The van der Waals surface area contributed by atoms with Gasteiger partial charge in [0, 0.05) is 13.2 Å². The highest BCUT2D eigenvalue weighted by Gasteiger charge is 2.39. The molecule has 0 aliphatic heterocycles. The zero-order valence-electron chi connectivity index (χ0n) is 14.5. The summed E-state index contributed by atoms with van der Waals surface area (Å²) in [6, 6.07) is 9.46. The Morgan fingerprint density at radius 3 is 2.43 bits per heavy atom. The molecule has 0 radical (unpaired) electrons. The van der Waals surface area contributed by atoms with Gasteiger partial charge in [-0.2, -0.15) is 0 Å². The second-order valence-electron chi connectivity index (χ2n) is 7.14. The molecule has 23 heavy (non-hydrogen) atoms. The van der Waals surface area contributed by atoms with Crippen LogP contribution in [0.2, 0.25) is 18.1 Å². The van der Waals surface area contributed by atoms with Crippen molar-refractivity contribution in [2.45, 2.75) is 45.0 Å². The molecule has 6 heteroatoms. The highest BCUT2D eigenvalue weighted by molar-refractivity contribution is 6.72. The van der Waals surface area contributed by atoms with Crippen LogP contribution in [0.1, 0.15) is 25.8 Å². The maximum atomic E-state index is 11.7. The standard InChI is InChI=1S/C17H29NO4Si/c1-17(2,23(3,4)21)10-15(12-19)11-18-16(20)22-13-14-8-6-5-7-9-14/h5-9,15,19,21H,10-13H2,1-4H3,(H,18,20). The predicted octanol–water partition coefficient (Wildman–Crippen LogP) is 2.89. The van der Waals surface area contributed by atoms with Crippen LogP contribution in [0.15, 0.2) is 30.3 Å². The summed E-state index contributed by atoms with van der Waals surface area (Å²) in [5.74, 6) is -0.104. The van der Waals surface area contributed by atoms with Crippen molar-refractivity contribution in [3.05, 3.63) is 35.9 Å². The van der Waals surface area contributed by atoms with Gasteiger partial charge in [-0.15, -0.1) is 0 Å². The molecule has 130 valence electrons. The van der Waals surface area contributed by atoms with Gasteiger partial charge in [-0.25, -0.2) is 4.79 Å². The lowest BCUT2D eigenvalue weighted by Crippen LogP contribution is -2.42. The van der Waals surface area contributed by atoms with Crippen LogP contribution in [0.4, 0.5) is 4.79 Å². The molecular weight excluding hydrogens is 310 g/mol. The molecule has 0 aliphatic carbocycles. The normalized spacial score (nSPS) is 13.5. The number of alkyl carbamates (subject to hydrolysis) is 1. The zero-order valence-corrected chi connectivity index (χ0v) is 15.5. The van der Waals surface area contributed by atoms with Crippen LogP contribution in [0, 0.1) is 5.92 Å². The van der Waals surface area contributed by atoms with Gasteiger partial charge in [0.05, 0.1) is 0 Å². The lowest BCUT2D eigenvalue weighted by molar-refractivity contribution is 0.133. The highest BCUT2D eigenvalue weighted by atomic mass is 28.4. The van der Waals surface area contributed by atoms with Crippen molar-refractivity contribution in [1.29, 1.82) is 0 Å². The largest absolute Gasteiger partial charge is 0.445 e. The monoisotopic (exact) mass is 339 g/mol. The molecule has 0 fully saturated rings. The molecule has 0 spiro atoms. The van der Waals surface area contributed by atoms with E-state index in [-0.39, 0.29) is 24.2 Å². The summed E-state index contributed by atoms with van der Waals surface area (Å²) in [6.07, 6.45) is 0.156. The first kappa shape index (κ1) is 19.7. The number of rotatable bonds is 8. The lowest BCUT2D eigenvalue weighted by atomic mass is 9.97. The van der Waals surface area contributed by atoms with Crippen LogP contribution < -0.4 is 5.32 Å². The number of hydrogen-bond acceptors (Lipinski definition) is 4. The third-order valence-electron chi connectivity index (χ3n) is 4.46. The van der Waals surface area contributed by atoms with Gasteiger partial charge in [0.25, 0.3) is 0 Å². The van der Waals surface area contributed by atoms with E-state index in [1.54, 1.807) is 0 Å². The van der Waals surface area contributed by atoms with Gasteiger partial charge in [-0.1, -0.05) is 44.2 Å². The molecule has 1 unspecified atom stereocenters. The Kier molecular flexibility index (Phi) is 7.25. The van der Waals surface area contributed by atoms with E-state index in [0.717, 1.165) is 5.56 Å². The number of hydrogen-bond donors (Lipinski definition) is 3. The van der Waals surface area contributed by atoms with Crippen LogP contribution in [0.25, 0.3) is 0 Å². The van der Waals surface area contributed by atoms with E-state index >= 15 is 0 Å². The van der Waals surface area contributed by atoms with Crippen molar-refractivity contribution in [3.63, 3.8) is 0 Å². The minimum atomic E-state index is -2.33. The number of carbonyl (C=O) groups excluding carboxylic acids is 1. The molecular formula is C17H29NO4Si. The minimum absolute atomic E-state index is 0.0348. The Bertz CT molecular complexity index is 485. The van der Waals surface area contributed by atoms with Crippen molar-refractivity contribution in [2.75, 3.05) is 13.2 Å². The quantitative estimate of drug-likeness (QED) is 0.636. The molecule has 1 aromatic carbocycles. The molecule has 0 aromatic heterocycles. The Labute approximate surface area is 139 Å². The van der Waals surface area contributed by atoms with Gasteiger partial charge in [0.15, 0.2) is 8.32 Å². The molecule has 0 saturated carbocycles. The molecule has 1 rings (SSSR count). The third-order valence-corrected chi connectivity index (χ3v) is 7.98. The summed E-state index contributed by atoms with van der Waals surface area (Å²) in [7, 11) is -2.33. The maximum Gasteiger partial charge on any atom is 0.407 e. The topological polar surface area (TPSA) is 78.8 Å². The molecule has 1 atom stereocenters. The average molecular weight is 340 g/mol. The van der Waals surface area contributed by atoms with E-state index in [0.29, 0.717) is 13.0 Å². The molecule has 1 amide bonds. The lowest BCUT2D eigenvalue weighted by Gasteiger charge is -2.37. The van der Waals surface area contributed by atoms with Crippen LogP contribution in [0.5, 0.6) is 0 Å².